The number of fused-ring (bicyclic) bond motifs is 1. The molecule has 2 rings (SSSR count). The van der Waals surface area contributed by atoms with Crippen LogP contribution in [0.5, 0.6) is 0 Å². The first kappa shape index (κ1) is 12.6. The third kappa shape index (κ3) is 1.97. The fourth-order valence-corrected chi connectivity index (χ4v) is 3.52. The van der Waals surface area contributed by atoms with E-state index >= 15 is 0 Å². The van der Waals surface area contributed by atoms with Crippen LogP contribution in [0, 0.1) is 13.8 Å². The Bertz CT molecular complexity index is 731. The summed E-state index contributed by atoms with van der Waals surface area (Å²) in [5.41, 5.74) is 2.45. The number of nitrogens with one attached hydrogen (secondary N) is 2. The van der Waals surface area contributed by atoms with Gasteiger partial charge >= 0.3 is 0 Å². The van der Waals surface area contributed by atoms with Crippen LogP contribution in [-0.4, -0.2) is 24.3 Å². The number of carbonyl (C=O) groups excluding carboxylic acids is 1. The van der Waals surface area contributed by atoms with Crippen molar-refractivity contribution in [2.45, 2.75) is 25.7 Å². The summed E-state index contributed by atoms with van der Waals surface area (Å²) in [5, 5.41) is 0. The molecule has 0 saturated heterocycles. The summed E-state index contributed by atoms with van der Waals surface area (Å²) in [6.07, 6.45) is 1.51. The van der Waals surface area contributed by atoms with Crippen LogP contribution in [0.15, 0.2) is 17.3 Å². The maximum absolute atomic E-state index is 12.1. The third-order valence-corrected chi connectivity index (χ3v) is 4.35. The fraction of sp³-hybridized carbons (Fsp3) is 0.273. The lowest BCUT2D eigenvalue weighted by Gasteiger charge is -2.11. The van der Waals surface area contributed by atoms with Gasteiger partial charge in [0.15, 0.2) is 0 Å². The number of aromatic nitrogens is 2. The van der Waals surface area contributed by atoms with Crippen molar-refractivity contribution in [1.82, 2.24) is 14.7 Å². The molecule has 0 radical (unpaired) electrons. The number of H-pyrrole nitrogens is 1. The van der Waals surface area contributed by atoms with E-state index in [-0.39, 0.29) is 4.90 Å². The Morgan fingerprint density at radius 3 is 2.67 bits per heavy atom. The molecule has 96 valence electrons. The Hall–Kier alpha value is -1.89. The summed E-state index contributed by atoms with van der Waals surface area (Å²) in [7, 11) is -3.84. The summed E-state index contributed by atoms with van der Waals surface area (Å²) in [5.74, 6) is -0.615. The minimum absolute atomic E-state index is 0.109. The summed E-state index contributed by atoms with van der Waals surface area (Å²) < 4.78 is 26.1. The Balaban J connectivity index is 2.74. The van der Waals surface area contributed by atoms with Crippen molar-refractivity contribution in [1.29, 1.82) is 0 Å². The highest BCUT2D eigenvalue weighted by Crippen LogP contribution is 2.26. The van der Waals surface area contributed by atoms with Crippen LogP contribution < -0.4 is 4.72 Å². The van der Waals surface area contributed by atoms with Crippen LogP contribution in [0.4, 0.5) is 0 Å². The van der Waals surface area contributed by atoms with Gasteiger partial charge in [0.25, 0.3) is 10.0 Å². The zero-order valence-corrected chi connectivity index (χ0v) is 11.1. The van der Waals surface area contributed by atoms with Crippen molar-refractivity contribution in [3.05, 3.63) is 23.5 Å². The molecule has 1 aromatic heterocycles. The van der Waals surface area contributed by atoms with Crippen molar-refractivity contribution in [3.63, 3.8) is 0 Å². The molecule has 2 N–H and O–H groups in total. The minimum atomic E-state index is -3.84. The monoisotopic (exact) mass is 267 g/mol. The van der Waals surface area contributed by atoms with Gasteiger partial charge in [-0.15, -0.1) is 0 Å². The zero-order chi connectivity index (χ0) is 13.5. The van der Waals surface area contributed by atoms with Gasteiger partial charge in [-0.2, -0.15) is 0 Å². The van der Waals surface area contributed by atoms with E-state index in [1.54, 1.807) is 19.9 Å². The van der Waals surface area contributed by atoms with Crippen LogP contribution in [0.1, 0.15) is 18.1 Å². The number of amides is 1. The number of imidazole rings is 1. The number of sulfonamides is 1. The van der Waals surface area contributed by atoms with Gasteiger partial charge in [-0.1, -0.05) is 0 Å². The van der Waals surface area contributed by atoms with E-state index in [0.717, 1.165) is 12.4 Å². The number of aromatic amines is 1. The molecule has 1 heterocycles. The maximum atomic E-state index is 12.1. The number of benzene rings is 1. The highest BCUT2D eigenvalue weighted by atomic mass is 32.2. The quantitative estimate of drug-likeness (QED) is 0.849. The van der Waals surface area contributed by atoms with Gasteiger partial charge in [-0.3, -0.25) is 4.79 Å². The summed E-state index contributed by atoms with van der Waals surface area (Å²) >= 11 is 0. The largest absolute Gasteiger partial charge is 0.345 e. The molecule has 6 nitrogen and oxygen atoms in total. The molecule has 0 aliphatic carbocycles. The molecule has 1 amide bonds. The van der Waals surface area contributed by atoms with Gasteiger partial charge in [-0.25, -0.2) is 18.1 Å². The van der Waals surface area contributed by atoms with Crippen molar-refractivity contribution >= 4 is 27.0 Å². The van der Waals surface area contributed by atoms with Gasteiger partial charge < -0.3 is 4.98 Å². The SMILES string of the molecule is CC(=O)NS(=O)(=O)c1c(C)cc2[nH]cnc2c1C. The molecular formula is C11H13N3O3S. The molecular weight excluding hydrogens is 254 g/mol. The Labute approximate surface area is 104 Å². The second kappa shape index (κ2) is 4.09. The van der Waals surface area contributed by atoms with Crippen LogP contribution >= 0.6 is 0 Å². The highest BCUT2D eigenvalue weighted by Gasteiger charge is 2.23. The summed E-state index contributed by atoms with van der Waals surface area (Å²) in [6, 6.07) is 1.70. The molecule has 0 fully saturated rings. The average Bonchev–Trinajstić information content (AvgIpc) is 2.62. The second-order valence-electron chi connectivity index (χ2n) is 4.11. The van der Waals surface area contributed by atoms with E-state index in [0.29, 0.717) is 16.6 Å². The van der Waals surface area contributed by atoms with Gasteiger partial charge in [0, 0.05) is 6.92 Å². The third-order valence-electron chi connectivity index (χ3n) is 2.63. The molecule has 1 aromatic carbocycles. The number of rotatable bonds is 2. The summed E-state index contributed by atoms with van der Waals surface area (Å²) in [6.45, 7) is 4.52. The highest BCUT2D eigenvalue weighted by molar-refractivity contribution is 7.90. The lowest BCUT2D eigenvalue weighted by molar-refractivity contribution is -0.117. The number of carbonyl (C=O) groups is 1. The van der Waals surface area contributed by atoms with E-state index in [9.17, 15) is 13.2 Å². The van der Waals surface area contributed by atoms with E-state index in [1.165, 1.54) is 6.33 Å². The fourth-order valence-electron chi connectivity index (χ4n) is 2.05. The van der Waals surface area contributed by atoms with E-state index < -0.39 is 15.9 Å². The topological polar surface area (TPSA) is 91.9 Å². The predicted molar refractivity (Wildman–Crippen MR) is 66.6 cm³/mol. The van der Waals surface area contributed by atoms with Gasteiger partial charge in [0.05, 0.1) is 22.3 Å². The minimum Gasteiger partial charge on any atom is -0.345 e. The smallest absolute Gasteiger partial charge is 0.264 e. The van der Waals surface area contributed by atoms with E-state index in [4.69, 9.17) is 0 Å². The molecule has 0 unspecified atom stereocenters. The molecule has 7 heteroatoms. The lowest BCUT2D eigenvalue weighted by Crippen LogP contribution is -2.29. The molecule has 0 aliphatic rings. The van der Waals surface area contributed by atoms with Crippen molar-refractivity contribution in [2.75, 3.05) is 0 Å². The van der Waals surface area contributed by atoms with Gasteiger partial charge in [-0.05, 0) is 31.0 Å². The Kier molecular flexibility index (Phi) is 2.86. The predicted octanol–water partition coefficient (Wildman–Crippen LogP) is 1.00. The van der Waals surface area contributed by atoms with E-state index in [2.05, 4.69) is 9.97 Å². The molecule has 2 aromatic rings. The standard InChI is InChI=1S/C11H13N3O3S/c1-6-4-9-10(13-5-12-9)7(2)11(6)18(16,17)14-8(3)15/h4-5H,1-3H3,(H,12,13)(H,14,15). The Morgan fingerprint density at radius 1 is 1.39 bits per heavy atom. The zero-order valence-electron chi connectivity index (χ0n) is 10.2. The number of aryl methyl sites for hydroxylation is 2. The molecule has 0 aliphatic heterocycles. The first-order valence-corrected chi connectivity index (χ1v) is 6.78. The van der Waals surface area contributed by atoms with Crippen molar-refractivity contribution in [2.24, 2.45) is 0 Å². The van der Waals surface area contributed by atoms with Gasteiger partial charge in [0.2, 0.25) is 5.91 Å². The van der Waals surface area contributed by atoms with Crippen molar-refractivity contribution < 1.29 is 13.2 Å². The molecule has 0 saturated carbocycles. The van der Waals surface area contributed by atoms with E-state index in [1.807, 2.05) is 4.72 Å². The lowest BCUT2D eigenvalue weighted by atomic mass is 10.1. The van der Waals surface area contributed by atoms with Crippen LogP contribution in [-0.2, 0) is 14.8 Å². The van der Waals surface area contributed by atoms with Crippen LogP contribution in [0.25, 0.3) is 11.0 Å². The normalized spacial score (nSPS) is 11.7. The molecule has 0 bridgehead atoms. The molecule has 18 heavy (non-hydrogen) atoms. The molecule has 0 atom stereocenters. The molecule has 0 spiro atoms. The van der Waals surface area contributed by atoms with Gasteiger partial charge in [0.1, 0.15) is 0 Å². The van der Waals surface area contributed by atoms with Crippen molar-refractivity contribution in [3.8, 4) is 0 Å². The first-order valence-electron chi connectivity index (χ1n) is 5.29. The van der Waals surface area contributed by atoms with Crippen LogP contribution in [0.3, 0.4) is 0 Å². The number of hydrogen-bond acceptors (Lipinski definition) is 4. The Morgan fingerprint density at radius 2 is 2.06 bits per heavy atom. The first-order chi connectivity index (χ1) is 8.33. The summed E-state index contributed by atoms with van der Waals surface area (Å²) in [4.78, 5) is 18.1. The second-order valence-corrected chi connectivity index (χ2v) is 5.73. The number of hydrogen-bond donors (Lipinski definition) is 2. The maximum Gasteiger partial charge on any atom is 0.264 e. The van der Waals surface area contributed by atoms with Crippen LogP contribution in [0.2, 0.25) is 0 Å². The average molecular weight is 267 g/mol. The number of nitrogens with zero attached hydrogens (tertiary/aromatic N) is 1.